The summed E-state index contributed by atoms with van der Waals surface area (Å²) in [7, 11) is 1.65. The first kappa shape index (κ1) is 19.3. The topological polar surface area (TPSA) is 56.1 Å². The largest absolute Gasteiger partial charge is 0.497 e. The van der Waals surface area contributed by atoms with Crippen molar-refractivity contribution in [1.29, 1.82) is 0 Å². The molecule has 8 heteroatoms. The molecule has 1 aliphatic rings. The molecular formula is C20H24N3O3S2+. The quantitative estimate of drug-likeness (QED) is 0.640. The highest BCUT2D eigenvalue weighted by atomic mass is 32.1. The number of hydrogen-bond donors (Lipinski definition) is 1. The van der Waals surface area contributed by atoms with Gasteiger partial charge in [0.1, 0.15) is 18.8 Å². The summed E-state index contributed by atoms with van der Waals surface area (Å²) < 4.78 is 11.8. The lowest BCUT2D eigenvalue weighted by molar-refractivity contribution is -0.908. The van der Waals surface area contributed by atoms with Crippen LogP contribution in [0.15, 0.2) is 35.7 Å². The van der Waals surface area contributed by atoms with Gasteiger partial charge in [-0.2, -0.15) is 0 Å². The van der Waals surface area contributed by atoms with E-state index in [1.165, 1.54) is 11.3 Å². The molecule has 2 aromatic heterocycles. The van der Waals surface area contributed by atoms with Gasteiger partial charge in [-0.3, -0.25) is 9.69 Å². The summed E-state index contributed by atoms with van der Waals surface area (Å²) in [5, 5.41) is 2.69. The molecule has 0 saturated carbocycles. The summed E-state index contributed by atoms with van der Waals surface area (Å²) in [5.41, 5.74) is 0.863. The number of aromatic nitrogens is 1. The number of fused-ring (bicyclic) bond motifs is 1. The lowest BCUT2D eigenvalue weighted by Crippen LogP contribution is -3.14. The number of anilines is 1. The molecule has 0 spiro atoms. The van der Waals surface area contributed by atoms with Crippen LogP contribution in [0, 0.1) is 0 Å². The SMILES string of the molecule is COc1ccc2sc(N(CCC[NH+]3CCOCC3)C(=O)c3cccs3)nc2c1. The molecular weight excluding hydrogens is 394 g/mol. The van der Waals surface area contributed by atoms with Crippen LogP contribution in [0.2, 0.25) is 0 Å². The second-order valence-corrected chi connectivity index (χ2v) is 8.69. The molecule has 6 nitrogen and oxygen atoms in total. The van der Waals surface area contributed by atoms with E-state index in [0.717, 1.165) is 65.2 Å². The number of thiazole rings is 1. The highest BCUT2D eigenvalue weighted by molar-refractivity contribution is 7.22. The minimum Gasteiger partial charge on any atom is -0.497 e. The Kier molecular flexibility index (Phi) is 6.21. The maximum Gasteiger partial charge on any atom is 0.270 e. The lowest BCUT2D eigenvalue weighted by Gasteiger charge is -2.25. The fourth-order valence-electron chi connectivity index (χ4n) is 3.35. The Hall–Kier alpha value is -2.00. The minimum atomic E-state index is 0.0259. The zero-order valence-electron chi connectivity index (χ0n) is 15.8. The van der Waals surface area contributed by atoms with Crippen LogP contribution in [0.3, 0.4) is 0 Å². The number of thiophene rings is 1. The third-order valence-electron chi connectivity index (χ3n) is 4.90. The third-order valence-corrected chi connectivity index (χ3v) is 6.82. The van der Waals surface area contributed by atoms with Crippen molar-refractivity contribution in [3.8, 4) is 5.75 Å². The fourth-order valence-corrected chi connectivity index (χ4v) is 4.99. The van der Waals surface area contributed by atoms with E-state index in [1.54, 1.807) is 23.3 Å². The minimum absolute atomic E-state index is 0.0259. The molecule has 28 heavy (non-hydrogen) atoms. The number of rotatable bonds is 7. The van der Waals surface area contributed by atoms with Crippen molar-refractivity contribution in [3.05, 3.63) is 40.6 Å². The van der Waals surface area contributed by atoms with Crippen molar-refractivity contribution in [2.75, 3.05) is 51.4 Å². The second kappa shape index (κ2) is 9.00. The number of morpholine rings is 1. The highest BCUT2D eigenvalue weighted by Crippen LogP contribution is 2.32. The van der Waals surface area contributed by atoms with Gasteiger partial charge in [0.25, 0.3) is 5.91 Å². The Morgan fingerprint density at radius 3 is 2.93 bits per heavy atom. The van der Waals surface area contributed by atoms with E-state index in [4.69, 9.17) is 14.5 Å². The Labute approximate surface area is 172 Å². The molecule has 0 radical (unpaired) electrons. The fraction of sp³-hybridized carbons (Fsp3) is 0.400. The number of ether oxygens (including phenoxy) is 2. The van der Waals surface area contributed by atoms with Crippen LogP contribution in [0.25, 0.3) is 10.2 Å². The number of quaternary nitrogens is 1. The summed E-state index contributed by atoms with van der Waals surface area (Å²) in [6.45, 7) is 5.44. The predicted molar refractivity (Wildman–Crippen MR) is 113 cm³/mol. The predicted octanol–water partition coefficient (Wildman–Crippen LogP) is 2.32. The number of carbonyl (C=O) groups is 1. The van der Waals surface area contributed by atoms with E-state index in [9.17, 15) is 4.79 Å². The average Bonchev–Trinajstić information content (AvgIpc) is 3.40. The third kappa shape index (κ3) is 4.35. The van der Waals surface area contributed by atoms with Crippen LogP contribution in [0.5, 0.6) is 5.75 Å². The lowest BCUT2D eigenvalue weighted by atomic mass is 10.3. The number of benzene rings is 1. The number of amides is 1. The van der Waals surface area contributed by atoms with Crippen molar-refractivity contribution in [2.24, 2.45) is 0 Å². The van der Waals surface area contributed by atoms with Gasteiger partial charge in [-0.05, 0) is 23.6 Å². The summed E-state index contributed by atoms with van der Waals surface area (Å²) in [6, 6.07) is 9.64. The first-order valence-electron chi connectivity index (χ1n) is 9.46. The molecule has 4 rings (SSSR count). The monoisotopic (exact) mass is 418 g/mol. The van der Waals surface area contributed by atoms with E-state index in [-0.39, 0.29) is 5.91 Å². The number of nitrogens with one attached hydrogen (secondary N) is 1. The molecule has 1 N–H and O–H groups in total. The van der Waals surface area contributed by atoms with Crippen LogP contribution < -0.4 is 14.5 Å². The van der Waals surface area contributed by atoms with E-state index in [0.29, 0.717) is 6.54 Å². The maximum absolute atomic E-state index is 13.1. The molecule has 0 atom stereocenters. The molecule has 1 fully saturated rings. The first-order valence-corrected chi connectivity index (χ1v) is 11.2. The second-order valence-electron chi connectivity index (χ2n) is 6.73. The standard InChI is InChI=1S/C20H23N3O3S2/c1-25-15-5-6-17-16(14-15)21-20(28-17)23(19(24)18-4-2-13-27-18)8-3-7-22-9-11-26-12-10-22/h2,4-6,13-14H,3,7-12H2,1H3/p+1. The summed E-state index contributed by atoms with van der Waals surface area (Å²) in [6.07, 6.45) is 0.936. The smallest absolute Gasteiger partial charge is 0.270 e. The van der Waals surface area contributed by atoms with Crippen molar-refractivity contribution in [3.63, 3.8) is 0 Å². The number of nitrogens with zero attached hydrogens (tertiary/aromatic N) is 2. The zero-order chi connectivity index (χ0) is 19.3. The summed E-state index contributed by atoms with van der Waals surface area (Å²) in [4.78, 5) is 22.0. The molecule has 3 heterocycles. The van der Waals surface area contributed by atoms with Crippen molar-refractivity contribution in [2.45, 2.75) is 6.42 Å². The summed E-state index contributed by atoms with van der Waals surface area (Å²) >= 11 is 3.02. The maximum atomic E-state index is 13.1. The Morgan fingerprint density at radius 2 is 2.18 bits per heavy atom. The Balaban J connectivity index is 1.54. The van der Waals surface area contributed by atoms with Crippen molar-refractivity contribution in [1.82, 2.24) is 4.98 Å². The highest BCUT2D eigenvalue weighted by Gasteiger charge is 2.23. The molecule has 3 aromatic rings. The molecule has 0 unspecified atom stereocenters. The molecule has 1 saturated heterocycles. The van der Waals surface area contributed by atoms with Crippen LogP contribution in [-0.2, 0) is 4.74 Å². The molecule has 1 amide bonds. The van der Waals surface area contributed by atoms with Gasteiger partial charge in [0, 0.05) is 19.0 Å². The van der Waals surface area contributed by atoms with Crippen LogP contribution in [-0.4, -0.2) is 57.4 Å². The molecule has 1 aromatic carbocycles. The van der Waals surface area contributed by atoms with E-state index < -0.39 is 0 Å². The molecule has 148 valence electrons. The number of methoxy groups -OCH3 is 1. The van der Waals surface area contributed by atoms with Gasteiger partial charge >= 0.3 is 0 Å². The van der Waals surface area contributed by atoms with E-state index >= 15 is 0 Å². The molecule has 0 bridgehead atoms. The van der Waals surface area contributed by atoms with E-state index in [2.05, 4.69) is 0 Å². The zero-order valence-corrected chi connectivity index (χ0v) is 17.5. The van der Waals surface area contributed by atoms with Gasteiger partial charge in [0.2, 0.25) is 0 Å². The normalized spacial score (nSPS) is 15.0. The van der Waals surface area contributed by atoms with Crippen LogP contribution in [0.4, 0.5) is 5.13 Å². The summed E-state index contributed by atoms with van der Waals surface area (Å²) in [5.74, 6) is 0.800. The first-order chi connectivity index (χ1) is 13.7. The van der Waals surface area contributed by atoms with Crippen molar-refractivity contribution >= 4 is 43.9 Å². The van der Waals surface area contributed by atoms with Crippen LogP contribution >= 0.6 is 22.7 Å². The van der Waals surface area contributed by atoms with E-state index in [1.807, 2.05) is 40.6 Å². The van der Waals surface area contributed by atoms with Crippen molar-refractivity contribution < 1.29 is 19.2 Å². The van der Waals surface area contributed by atoms with Gasteiger partial charge in [-0.1, -0.05) is 17.4 Å². The molecule has 0 aliphatic carbocycles. The Morgan fingerprint density at radius 1 is 1.32 bits per heavy atom. The van der Waals surface area contributed by atoms with Gasteiger partial charge < -0.3 is 14.4 Å². The van der Waals surface area contributed by atoms with Crippen LogP contribution in [0.1, 0.15) is 16.1 Å². The molecule has 1 aliphatic heterocycles. The van der Waals surface area contributed by atoms with Gasteiger partial charge in [-0.25, -0.2) is 4.98 Å². The van der Waals surface area contributed by atoms with Gasteiger partial charge in [0.05, 0.1) is 42.0 Å². The average molecular weight is 419 g/mol. The van der Waals surface area contributed by atoms with Gasteiger partial charge in [-0.15, -0.1) is 11.3 Å². The number of carbonyl (C=O) groups excluding carboxylic acids is 1. The van der Waals surface area contributed by atoms with Gasteiger partial charge in [0.15, 0.2) is 5.13 Å². The number of hydrogen-bond acceptors (Lipinski definition) is 6. The Bertz CT molecular complexity index is 920.